The second kappa shape index (κ2) is 29.3. The van der Waals surface area contributed by atoms with E-state index in [0.29, 0.717) is 7.18 Å². The summed E-state index contributed by atoms with van der Waals surface area (Å²) in [5.74, 6) is 0. The Bertz CT molecular complexity index is 157. The Morgan fingerprint density at radius 3 is 1.40 bits per heavy atom. The minimum atomic E-state index is -1.75. The Morgan fingerprint density at radius 1 is 1.00 bits per heavy atom. The number of anilines is 1. The summed E-state index contributed by atoms with van der Waals surface area (Å²) < 4.78 is 28.8. The molecule has 2 N–H and O–H groups in total. The summed E-state index contributed by atoms with van der Waals surface area (Å²) in [5, 5.41) is 0. The third kappa shape index (κ3) is 32.3. The number of nitrogens with two attached hydrogens (primary N) is 1. The minimum absolute atomic E-state index is 0. The van der Waals surface area contributed by atoms with E-state index in [1.54, 1.807) is 0 Å². The van der Waals surface area contributed by atoms with E-state index in [-0.39, 0.29) is 7.43 Å². The number of benzene rings is 1. The zero-order valence-corrected chi connectivity index (χ0v) is 8.81. The largest absolute Gasteiger partial charge is 0.399 e. The van der Waals surface area contributed by atoms with Gasteiger partial charge in [0.15, 0.2) is 0 Å². The van der Waals surface area contributed by atoms with Gasteiger partial charge in [0.2, 0.25) is 6.93 Å². The van der Waals surface area contributed by atoms with E-state index < -0.39 is 6.93 Å². The summed E-state index contributed by atoms with van der Waals surface area (Å²) in [4.78, 5) is 0. The van der Waals surface area contributed by atoms with Gasteiger partial charge in [-0.05, 0) is 12.1 Å². The fraction of sp³-hybridized carbons (Fsp3) is 0.455. The van der Waals surface area contributed by atoms with Gasteiger partial charge in [0.05, 0.1) is 7.18 Å². The lowest BCUT2D eigenvalue weighted by Gasteiger charge is -1.83. The van der Waals surface area contributed by atoms with Crippen LogP contribution in [0.2, 0.25) is 0 Å². The maximum atomic E-state index is 9.62. The quantitative estimate of drug-likeness (QED) is 0.651. The third-order valence-corrected chi connectivity index (χ3v) is 0.800. The van der Waals surface area contributed by atoms with Gasteiger partial charge in [0.1, 0.15) is 0 Å². The molecule has 0 atom stereocenters. The highest BCUT2D eigenvalue weighted by molar-refractivity contribution is 5.35. The molecule has 0 heterocycles. The first-order valence-electron chi connectivity index (χ1n) is 4.11. The topological polar surface area (TPSA) is 26.0 Å². The zero-order valence-electron chi connectivity index (χ0n) is 8.81. The number of halogens is 3. The standard InChI is InChI=1S/C6H7N.C2H6.CH2F2.CH3F.CH4/c7-6-4-2-1-3-5-6;1-2;2-1-3;1-2;/h1-5H,7H2;1-2H3;1H2;1H3;1H4. The molecule has 0 fully saturated rings. The Hall–Kier alpha value is -1.19. The summed E-state index contributed by atoms with van der Waals surface area (Å²) >= 11 is 0. The van der Waals surface area contributed by atoms with Gasteiger partial charge < -0.3 is 5.73 Å². The predicted molar refractivity (Wildman–Crippen MR) is 63.0 cm³/mol. The summed E-state index contributed by atoms with van der Waals surface area (Å²) in [7, 11) is 0.500. The Labute approximate surface area is 91.1 Å². The molecule has 0 aliphatic carbocycles. The van der Waals surface area contributed by atoms with Crippen LogP contribution >= 0.6 is 0 Å². The van der Waals surface area contributed by atoms with Crippen molar-refractivity contribution in [3.05, 3.63) is 30.3 Å². The van der Waals surface area contributed by atoms with E-state index in [4.69, 9.17) is 5.73 Å². The predicted octanol–water partition coefficient (Wildman–Crippen LogP) is 4.40. The highest BCUT2D eigenvalue weighted by atomic mass is 19.3. The van der Waals surface area contributed by atoms with Gasteiger partial charge in [-0.2, -0.15) is 0 Å². The van der Waals surface area contributed by atoms with Crippen LogP contribution in [0.3, 0.4) is 0 Å². The summed E-state index contributed by atoms with van der Waals surface area (Å²) in [5.41, 5.74) is 6.18. The van der Waals surface area contributed by atoms with Crippen molar-refractivity contribution < 1.29 is 13.2 Å². The van der Waals surface area contributed by atoms with Crippen molar-refractivity contribution in [1.29, 1.82) is 0 Å². The minimum Gasteiger partial charge on any atom is -0.399 e. The average Bonchev–Trinajstić information content (AvgIpc) is 2.26. The molecule has 0 amide bonds. The second-order valence-electron chi connectivity index (χ2n) is 1.51. The molecule has 4 heteroatoms. The molecule has 15 heavy (non-hydrogen) atoms. The van der Waals surface area contributed by atoms with E-state index in [2.05, 4.69) is 0 Å². The van der Waals surface area contributed by atoms with Crippen molar-refractivity contribution in [3.63, 3.8) is 0 Å². The van der Waals surface area contributed by atoms with Gasteiger partial charge in [0, 0.05) is 5.69 Å². The highest BCUT2D eigenvalue weighted by Crippen LogP contribution is 1.95. The first-order valence-corrected chi connectivity index (χ1v) is 4.11. The van der Waals surface area contributed by atoms with E-state index >= 15 is 0 Å². The van der Waals surface area contributed by atoms with Crippen molar-refractivity contribution in [2.24, 2.45) is 0 Å². The van der Waals surface area contributed by atoms with Crippen molar-refractivity contribution >= 4 is 5.69 Å². The number of para-hydroxylation sites is 1. The molecule has 0 bridgehead atoms. The Balaban J connectivity index is -0.0000000658. The van der Waals surface area contributed by atoms with Crippen molar-refractivity contribution in [2.75, 3.05) is 19.8 Å². The lowest BCUT2D eigenvalue weighted by Crippen LogP contribution is -1.79. The average molecular weight is 225 g/mol. The van der Waals surface area contributed by atoms with Crippen molar-refractivity contribution in [1.82, 2.24) is 0 Å². The zero-order chi connectivity index (χ0) is 11.8. The van der Waals surface area contributed by atoms with Crippen LogP contribution in [0.1, 0.15) is 21.3 Å². The van der Waals surface area contributed by atoms with Gasteiger partial charge in [-0.1, -0.05) is 39.5 Å². The van der Waals surface area contributed by atoms with Gasteiger partial charge in [0.25, 0.3) is 0 Å². The fourth-order valence-electron chi connectivity index (χ4n) is 0.453. The van der Waals surface area contributed by atoms with Gasteiger partial charge >= 0.3 is 0 Å². The molecule has 0 saturated carbocycles. The van der Waals surface area contributed by atoms with Crippen LogP contribution in [0.4, 0.5) is 18.9 Å². The number of hydrogen-bond donors (Lipinski definition) is 1. The lowest BCUT2D eigenvalue weighted by molar-refractivity contribution is 0.295. The van der Waals surface area contributed by atoms with E-state index in [9.17, 15) is 13.2 Å². The number of rotatable bonds is 0. The summed E-state index contributed by atoms with van der Waals surface area (Å²) in [6, 6.07) is 9.49. The molecule has 0 spiro atoms. The smallest absolute Gasteiger partial charge is 0.229 e. The lowest BCUT2D eigenvalue weighted by atomic mass is 10.3. The normalized spacial score (nSPS) is 6.00. The van der Waals surface area contributed by atoms with Crippen molar-refractivity contribution in [3.8, 4) is 0 Å². The van der Waals surface area contributed by atoms with Gasteiger partial charge in [-0.25, -0.2) is 8.78 Å². The number of nitrogen functional groups attached to an aromatic ring is 1. The maximum absolute atomic E-state index is 9.62. The van der Waals surface area contributed by atoms with E-state index in [1.165, 1.54) is 0 Å². The first kappa shape index (κ1) is 23.5. The molecule has 0 saturated heterocycles. The maximum Gasteiger partial charge on any atom is 0.229 e. The Morgan fingerprint density at radius 2 is 1.27 bits per heavy atom. The molecule has 0 aliphatic rings. The van der Waals surface area contributed by atoms with E-state index in [1.807, 2.05) is 44.2 Å². The van der Waals surface area contributed by atoms with Gasteiger partial charge in [-0.15, -0.1) is 0 Å². The molecule has 1 aromatic rings. The molecule has 0 unspecified atom stereocenters. The molecule has 0 radical (unpaired) electrons. The van der Waals surface area contributed by atoms with Crippen LogP contribution in [-0.2, 0) is 0 Å². The number of hydrogen-bond acceptors (Lipinski definition) is 1. The van der Waals surface area contributed by atoms with Crippen LogP contribution in [-0.4, -0.2) is 14.1 Å². The third-order valence-electron chi connectivity index (χ3n) is 0.800. The van der Waals surface area contributed by atoms with Crippen LogP contribution < -0.4 is 5.73 Å². The summed E-state index contributed by atoms with van der Waals surface area (Å²) in [6.07, 6.45) is 0. The molecule has 0 aromatic heterocycles. The number of alkyl halides is 3. The van der Waals surface area contributed by atoms with Crippen LogP contribution in [0, 0.1) is 0 Å². The molecule has 92 valence electrons. The molecular weight excluding hydrogens is 203 g/mol. The monoisotopic (exact) mass is 225 g/mol. The van der Waals surface area contributed by atoms with E-state index in [0.717, 1.165) is 5.69 Å². The van der Waals surface area contributed by atoms with Crippen LogP contribution in [0.25, 0.3) is 0 Å². The summed E-state index contributed by atoms with van der Waals surface area (Å²) in [6.45, 7) is 2.25. The molecular formula is C11H22F3N. The van der Waals surface area contributed by atoms with Gasteiger partial charge in [-0.3, -0.25) is 4.39 Å². The van der Waals surface area contributed by atoms with Crippen LogP contribution in [0.15, 0.2) is 30.3 Å². The Kier molecular flexibility index (Phi) is 46.0. The SMILES string of the molecule is C.CC.CF.FCF.Nc1ccccc1. The van der Waals surface area contributed by atoms with Crippen LogP contribution in [0.5, 0.6) is 0 Å². The highest BCUT2D eigenvalue weighted by Gasteiger charge is 1.72. The molecule has 1 nitrogen and oxygen atoms in total. The fourth-order valence-corrected chi connectivity index (χ4v) is 0.453. The molecule has 1 rings (SSSR count). The molecule has 1 aromatic carbocycles. The molecule has 0 aliphatic heterocycles. The first-order chi connectivity index (χ1) is 6.81. The second-order valence-corrected chi connectivity index (χ2v) is 1.51. The van der Waals surface area contributed by atoms with Crippen molar-refractivity contribution in [2.45, 2.75) is 21.3 Å².